The molecule has 1 aliphatic heterocycles. The second kappa shape index (κ2) is 9.20. The maximum absolute atomic E-state index is 12.9. The highest BCUT2D eigenvalue weighted by molar-refractivity contribution is 9.10. The lowest BCUT2D eigenvalue weighted by Gasteiger charge is -2.25. The zero-order valence-electron chi connectivity index (χ0n) is 16.7. The van der Waals surface area contributed by atoms with E-state index in [4.69, 9.17) is 14.7 Å². The summed E-state index contributed by atoms with van der Waals surface area (Å²) in [6, 6.07) is 6.33. The molecule has 2 heterocycles. The summed E-state index contributed by atoms with van der Waals surface area (Å²) in [5.41, 5.74) is 0.434. The maximum atomic E-state index is 12.9. The van der Waals surface area contributed by atoms with Crippen LogP contribution in [0.25, 0.3) is 0 Å². The van der Waals surface area contributed by atoms with E-state index in [9.17, 15) is 13.2 Å². The largest absolute Gasteiger partial charge is 0.490 e. The molecule has 3 rings (SSSR count). The van der Waals surface area contributed by atoms with Gasteiger partial charge in [-0.25, -0.2) is 13.2 Å². The number of nitrogens with zero attached hydrogens (tertiary/aromatic N) is 3. The van der Waals surface area contributed by atoms with E-state index in [1.807, 2.05) is 6.07 Å². The molecule has 2 aromatic rings. The van der Waals surface area contributed by atoms with Crippen LogP contribution in [0.15, 0.2) is 33.8 Å². The Balaban J connectivity index is 1.90. The number of hydrogen-bond donors (Lipinski definition) is 0. The van der Waals surface area contributed by atoms with Crippen LogP contribution in [0, 0.1) is 11.3 Å². The van der Waals surface area contributed by atoms with Crippen molar-refractivity contribution in [2.45, 2.75) is 31.1 Å². The number of rotatable bonds is 6. The number of esters is 1. The average molecular weight is 496 g/mol. The molecule has 30 heavy (non-hydrogen) atoms. The van der Waals surface area contributed by atoms with Gasteiger partial charge in [0, 0.05) is 32.4 Å². The van der Waals surface area contributed by atoms with Gasteiger partial charge in [0.15, 0.2) is 11.5 Å². The quantitative estimate of drug-likeness (QED) is 0.449. The molecule has 1 fully saturated rings. The molecule has 1 saturated heterocycles. The highest BCUT2D eigenvalue weighted by Gasteiger charge is 2.29. The minimum absolute atomic E-state index is 0.0581. The highest BCUT2D eigenvalue weighted by Crippen LogP contribution is 2.37. The Hall–Kier alpha value is -2.35. The monoisotopic (exact) mass is 495 g/mol. The van der Waals surface area contributed by atoms with E-state index in [1.165, 1.54) is 33.3 Å². The second-order valence-corrected chi connectivity index (χ2v) is 9.65. The molecule has 10 heteroatoms. The fourth-order valence-corrected chi connectivity index (χ4v) is 5.38. The molecule has 0 radical (unpaired) electrons. The highest BCUT2D eigenvalue weighted by atomic mass is 79.9. The fraction of sp³-hybridized carbons (Fsp3) is 0.400. The third kappa shape index (κ3) is 4.53. The Labute approximate surface area is 184 Å². The normalized spacial score (nSPS) is 14.9. The molecule has 1 aliphatic rings. The van der Waals surface area contributed by atoms with Crippen molar-refractivity contribution in [2.24, 2.45) is 7.05 Å². The van der Waals surface area contributed by atoms with E-state index < -0.39 is 16.0 Å². The van der Waals surface area contributed by atoms with Gasteiger partial charge < -0.3 is 14.0 Å². The Morgan fingerprint density at radius 3 is 2.57 bits per heavy atom. The van der Waals surface area contributed by atoms with E-state index in [0.717, 1.165) is 19.3 Å². The van der Waals surface area contributed by atoms with Crippen LogP contribution in [0.1, 0.15) is 42.2 Å². The van der Waals surface area contributed by atoms with Crippen LogP contribution in [0.3, 0.4) is 0 Å². The molecule has 0 unspecified atom stereocenters. The predicted octanol–water partition coefficient (Wildman–Crippen LogP) is 3.45. The summed E-state index contributed by atoms with van der Waals surface area (Å²) in [5, 5.41) is 9.13. The molecule has 0 N–H and O–H groups in total. The Kier molecular flexibility index (Phi) is 6.85. The summed E-state index contributed by atoms with van der Waals surface area (Å²) in [5.74, 6) is -0.362. The van der Waals surface area contributed by atoms with Crippen LogP contribution in [0.4, 0.5) is 0 Å². The van der Waals surface area contributed by atoms with Crippen LogP contribution in [-0.4, -0.2) is 43.0 Å². The number of halogens is 1. The maximum Gasteiger partial charge on any atom is 0.360 e. The number of nitriles is 1. The predicted molar refractivity (Wildman–Crippen MR) is 113 cm³/mol. The summed E-state index contributed by atoms with van der Waals surface area (Å²) >= 11 is 3.30. The van der Waals surface area contributed by atoms with Gasteiger partial charge >= 0.3 is 5.97 Å². The van der Waals surface area contributed by atoms with Crippen molar-refractivity contribution >= 4 is 31.9 Å². The zero-order valence-corrected chi connectivity index (χ0v) is 19.1. The van der Waals surface area contributed by atoms with E-state index >= 15 is 0 Å². The SMILES string of the molecule is CCOc1cc(C#N)cc(Br)c1OC(=O)c1cc(S(=O)(=O)N2CCCCC2)cn1C. The number of benzene rings is 1. The summed E-state index contributed by atoms with van der Waals surface area (Å²) < 4.78 is 40.1. The van der Waals surface area contributed by atoms with Crippen LogP contribution >= 0.6 is 15.9 Å². The van der Waals surface area contributed by atoms with E-state index in [-0.39, 0.29) is 22.1 Å². The standard InChI is InChI=1S/C20H22BrN3O5S/c1-3-28-18-10-14(12-22)9-16(21)19(18)29-20(25)17-11-15(13-23(17)2)30(26,27)24-7-5-4-6-8-24/h9-11,13H,3-8H2,1-2H3. The molecule has 0 bridgehead atoms. The molecule has 160 valence electrons. The van der Waals surface area contributed by atoms with Crippen LogP contribution in [0.5, 0.6) is 11.5 Å². The Bertz CT molecular complexity index is 1100. The first-order valence-electron chi connectivity index (χ1n) is 9.53. The van der Waals surface area contributed by atoms with E-state index in [0.29, 0.717) is 29.7 Å². The molecule has 0 atom stereocenters. The average Bonchev–Trinajstić information content (AvgIpc) is 3.13. The lowest BCUT2D eigenvalue weighted by molar-refractivity contribution is 0.0717. The molecule has 0 aliphatic carbocycles. The Morgan fingerprint density at radius 1 is 1.23 bits per heavy atom. The number of piperidine rings is 1. The van der Waals surface area contributed by atoms with Crippen molar-refractivity contribution in [1.29, 1.82) is 5.26 Å². The molecule has 8 nitrogen and oxygen atoms in total. The summed E-state index contributed by atoms with van der Waals surface area (Å²) in [4.78, 5) is 12.9. The van der Waals surface area contributed by atoms with Crippen LogP contribution in [0.2, 0.25) is 0 Å². The van der Waals surface area contributed by atoms with E-state index in [1.54, 1.807) is 14.0 Å². The Morgan fingerprint density at radius 2 is 1.93 bits per heavy atom. The molecule has 1 aromatic heterocycles. The molecule has 0 amide bonds. The molecule has 1 aromatic carbocycles. The zero-order chi connectivity index (χ0) is 21.9. The number of sulfonamides is 1. The van der Waals surface area contributed by atoms with Crippen molar-refractivity contribution in [3.63, 3.8) is 0 Å². The number of hydrogen-bond acceptors (Lipinski definition) is 6. The van der Waals surface area contributed by atoms with E-state index in [2.05, 4.69) is 15.9 Å². The third-order valence-electron chi connectivity index (χ3n) is 4.78. The van der Waals surface area contributed by atoms with Gasteiger partial charge in [-0.1, -0.05) is 6.42 Å². The number of aryl methyl sites for hydroxylation is 1. The third-order valence-corrected chi connectivity index (χ3v) is 7.23. The lowest BCUT2D eigenvalue weighted by atomic mass is 10.2. The van der Waals surface area contributed by atoms with Crippen molar-refractivity contribution in [3.05, 3.63) is 40.1 Å². The van der Waals surface area contributed by atoms with Gasteiger partial charge in [-0.2, -0.15) is 9.57 Å². The van der Waals surface area contributed by atoms with Gasteiger partial charge in [0.1, 0.15) is 10.6 Å². The molecular weight excluding hydrogens is 474 g/mol. The lowest BCUT2D eigenvalue weighted by Crippen LogP contribution is -2.35. The molecular formula is C20H22BrN3O5S. The van der Waals surface area contributed by atoms with Gasteiger partial charge in [-0.3, -0.25) is 0 Å². The summed E-state index contributed by atoms with van der Waals surface area (Å²) in [7, 11) is -2.08. The van der Waals surface area contributed by atoms with Gasteiger partial charge in [0.05, 0.1) is 22.7 Å². The van der Waals surface area contributed by atoms with Crippen molar-refractivity contribution in [2.75, 3.05) is 19.7 Å². The van der Waals surface area contributed by atoms with Crippen molar-refractivity contribution in [1.82, 2.24) is 8.87 Å². The fourth-order valence-electron chi connectivity index (χ4n) is 3.27. The van der Waals surface area contributed by atoms with Gasteiger partial charge in [-0.15, -0.1) is 0 Å². The molecule has 0 spiro atoms. The number of carbonyl (C=O) groups excluding carboxylic acids is 1. The molecule has 0 saturated carbocycles. The van der Waals surface area contributed by atoms with Crippen LogP contribution in [-0.2, 0) is 17.1 Å². The summed E-state index contributed by atoms with van der Waals surface area (Å²) in [6.07, 6.45) is 4.08. The van der Waals surface area contributed by atoms with Gasteiger partial charge in [0.25, 0.3) is 0 Å². The first kappa shape index (κ1) is 22.3. The van der Waals surface area contributed by atoms with Crippen molar-refractivity contribution in [3.8, 4) is 17.6 Å². The van der Waals surface area contributed by atoms with Gasteiger partial charge in [0.2, 0.25) is 10.0 Å². The topological polar surface area (TPSA) is 102 Å². The van der Waals surface area contributed by atoms with Gasteiger partial charge in [-0.05, 0) is 47.8 Å². The minimum atomic E-state index is -3.67. The first-order chi connectivity index (χ1) is 14.3. The van der Waals surface area contributed by atoms with Crippen LogP contribution < -0.4 is 9.47 Å². The first-order valence-corrected chi connectivity index (χ1v) is 11.8. The number of carbonyl (C=O) groups is 1. The minimum Gasteiger partial charge on any atom is -0.490 e. The second-order valence-electron chi connectivity index (χ2n) is 6.86. The smallest absolute Gasteiger partial charge is 0.360 e. The number of aromatic nitrogens is 1. The summed E-state index contributed by atoms with van der Waals surface area (Å²) in [6.45, 7) is 3.04. The number of ether oxygens (including phenoxy) is 2. The van der Waals surface area contributed by atoms with Crippen molar-refractivity contribution < 1.29 is 22.7 Å².